The molecule has 0 amide bonds. The predicted molar refractivity (Wildman–Crippen MR) is 101 cm³/mol. The van der Waals surface area contributed by atoms with Gasteiger partial charge in [0.25, 0.3) is 0 Å². The van der Waals surface area contributed by atoms with Gasteiger partial charge in [-0.25, -0.2) is 14.0 Å². The number of nitrogens with two attached hydrogens (primary N) is 1. The molecule has 0 unspecified atom stereocenters. The van der Waals surface area contributed by atoms with Gasteiger partial charge in [-0.3, -0.25) is 10.2 Å². The highest BCUT2D eigenvalue weighted by molar-refractivity contribution is 7.14. The van der Waals surface area contributed by atoms with Gasteiger partial charge in [-0.15, -0.1) is 11.3 Å². The summed E-state index contributed by atoms with van der Waals surface area (Å²) in [5.74, 6) is -5.74. The van der Waals surface area contributed by atoms with Crippen molar-refractivity contribution in [3.05, 3.63) is 51.0 Å². The lowest BCUT2D eigenvalue weighted by atomic mass is 10.2. The molecule has 8 nitrogen and oxygen atoms in total. The molecular weight excluding hydrogens is 448 g/mol. The largest absolute Gasteiger partial charge is 0.490 e. The molecule has 0 bridgehead atoms. The maximum Gasteiger partial charge on any atom is 0.490 e. The monoisotopic (exact) mass is 464 g/mol. The average molecular weight is 464 g/mol. The molecule has 2 rings (SSSR count). The molecule has 0 radical (unpaired) electrons. The van der Waals surface area contributed by atoms with Crippen molar-refractivity contribution in [1.29, 1.82) is 5.41 Å². The second-order valence-electron chi connectivity index (χ2n) is 5.86. The van der Waals surface area contributed by atoms with Crippen LogP contribution >= 0.6 is 11.3 Å². The molecule has 0 aliphatic carbocycles. The maximum atomic E-state index is 13.9. The van der Waals surface area contributed by atoms with Gasteiger partial charge in [-0.2, -0.15) is 13.2 Å². The van der Waals surface area contributed by atoms with Gasteiger partial charge in [0.05, 0.1) is 6.42 Å². The van der Waals surface area contributed by atoms with Crippen molar-refractivity contribution in [2.75, 3.05) is 0 Å². The minimum absolute atomic E-state index is 0.0308. The fourth-order valence-corrected chi connectivity index (χ4v) is 3.04. The number of aliphatic carboxylic acids is 2. The lowest BCUT2D eigenvalue weighted by Gasteiger charge is -2.05. The van der Waals surface area contributed by atoms with E-state index in [1.807, 2.05) is 0 Å². The first-order valence-corrected chi connectivity index (χ1v) is 9.01. The minimum Gasteiger partial charge on any atom is -0.481 e. The van der Waals surface area contributed by atoms with Crippen LogP contribution in [-0.2, 0) is 16.0 Å². The van der Waals surface area contributed by atoms with E-state index in [1.54, 1.807) is 13.0 Å². The Balaban J connectivity index is 0.000000592. The van der Waals surface area contributed by atoms with Gasteiger partial charge >= 0.3 is 24.1 Å². The number of esters is 1. The van der Waals surface area contributed by atoms with Crippen LogP contribution in [0.5, 0.6) is 5.75 Å². The molecular formula is C18H16F4N2O6S. The standard InChI is InChI=1S/C16H15FN2O4S.C2HF3O2/c1-8-6-13(24-12(8)4-5-14(20)21)16(22)23-11-3-2-9(15(18)19)7-10(11)17;3-2(4,5)1(6)7/h2-3,6-7H,4-5H2,1H3,(H3,18,19)(H,20,21);(H,6,7). The number of carboxylic acid groups (broad SMARTS) is 2. The third kappa shape index (κ3) is 8.04. The van der Waals surface area contributed by atoms with Crippen molar-refractivity contribution >= 4 is 35.1 Å². The highest BCUT2D eigenvalue weighted by Gasteiger charge is 2.38. The first-order chi connectivity index (χ1) is 14.2. The number of halogens is 4. The van der Waals surface area contributed by atoms with Crippen LogP contribution in [0.15, 0.2) is 24.3 Å². The molecule has 1 aromatic heterocycles. The number of aryl methyl sites for hydroxylation is 2. The van der Waals surface area contributed by atoms with Gasteiger partial charge in [0.1, 0.15) is 10.7 Å². The fraction of sp³-hybridized carbons (Fsp3) is 0.222. The second kappa shape index (κ2) is 10.5. The number of carboxylic acids is 2. The van der Waals surface area contributed by atoms with Crippen LogP contribution in [-0.4, -0.2) is 40.1 Å². The van der Waals surface area contributed by atoms with Gasteiger partial charge in [0, 0.05) is 10.4 Å². The van der Waals surface area contributed by atoms with Crippen molar-refractivity contribution in [3.63, 3.8) is 0 Å². The SMILES string of the molecule is Cc1cc(C(=O)Oc2ccc(C(=N)N)cc2F)sc1CCC(=O)O.O=C(O)C(F)(F)F. The van der Waals surface area contributed by atoms with Gasteiger partial charge < -0.3 is 20.7 Å². The third-order valence-corrected chi connectivity index (χ3v) is 4.75. The molecule has 0 saturated carbocycles. The molecule has 13 heteroatoms. The summed E-state index contributed by atoms with van der Waals surface area (Å²) in [5, 5.41) is 23.1. The van der Waals surface area contributed by atoms with Crippen molar-refractivity contribution in [1.82, 2.24) is 0 Å². The molecule has 1 heterocycles. The molecule has 5 N–H and O–H groups in total. The van der Waals surface area contributed by atoms with E-state index in [1.165, 1.54) is 12.1 Å². The first kappa shape index (κ1) is 25.6. The minimum atomic E-state index is -5.08. The van der Waals surface area contributed by atoms with E-state index >= 15 is 0 Å². The number of hydrogen-bond acceptors (Lipinski definition) is 6. The molecule has 0 aliphatic rings. The highest BCUT2D eigenvalue weighted by Crippen LogP contribution is 2.26. The summed E-state index contributed by atoms with van der Waals surface area (Å²) in [6.07, 6.45) is -4.79. The van der Waals surface area contributed by atoms with E-state index in [0.717, 1.165) is 27.8 Å². The van der Waals surface area contributed by atoms with Crippen LogP contribution in [0.3, 0.4) is 0 Å². The summed E-state index contributed by atoms with van der Waals surface area (Å²) in [6, 6.07) is 5.22. The van der Waals surface area contributed by atoms with E-state index in [-0.39, 0.29) is 28.4 Å². The summed E-state index contributed by atoms with van der Waals surface area (Å²) in [5.41, 5.74) is 6.25. The number of nitrogens with one attached hydrogen (secondary N) is 1. The summed E-state index contributed by atoms with van der Waals surface area (Å²) in [7, 11) is 0. The molecule has 0 saturated heterocycles. The number of rotatable bonds is 6. The Morgan fingerprint density at radius 1 is 1.19 bits per heavy atom. The van der Waals surface area contributed by atoms with E-state index in [4.69, 9.17) is 30.9 Å². The van der Waals surface area contributed by atoms with Crippen molar-refractivity contribution < 1.29 is 46.9 Å². The molecule has 1 aromatic carbocycles. The second-order valence-corrected chi connectivity index (χ2v) is 7.00. The Morgan fingerprint density at radius 2 is 1.77 bits per heavy atom. The number of carbonyl (C=O) groups is 3. The molecule has 0 fully saturated rings. The lowest BCUT2D eigenvalue weighted by molar-refractivity contribution is -0.192. The van der Waals surface area contributed by atoms with E-state index in [0.29, 0.717) is 6.42 Å². The smallest absolute Gasteiger partial charge is 0.481 e. The first-order valence-electron chi connectivity index (χ1n) is 8.19. The number of hydrogen-bond donors (Lipinski definition) is 4. The van der Waals surface area contributed by atoms with Gasteiger partial charge in [0.2, 0.25) is 0 Å². The average Bonchev–Trinajstić information content (AvgIpc) is 3.02. The zero-order valence-corrected chi connectivity index (χ0v) is 16.6. The topological polar surface area (TPSA) is 151 Å². The van der Waals surface area contributed by atoms with Crippen LogP contribution in [0.4, 0.5) is 17.6 Å². The lowest BCUT2D eigenvalue weighted by Crippen LogP contribution is -2.21. The number of ether oxygens (including phenoxy) is 1. The van der Waals surface area contributed by atoms with Crippen LogP contribution in [0.1, 0.15) is 32.1 Å². The van der Waals surface area contributed by atoms with Crippen molar-refractivity contribution in [2.24, 2.45) is 5.73 Å². The Hall–Kier alpha value is -3.48. The Morgan fingerprint density at radius 3 is 2.23 bits per heavy atom. The Kier molecular flexibility index (Phi) is 8.67. The van der Waals surface area contributed by atoms with Crippen LogP contribution < -0.4 is 10.5 Å². The molecule has 168 valence electrons. The van der Waals surface area contributed by atoms with Gasteiger partial charge in [-0.05, 0) is 43.2 Å². The molecule has 0 spiro atoms. The Labute approximate surface area is 176 Å². The molecule has 0 aliphatic heterocycles. The van der Waals surface area contributed by atoms with Crippen molar-refractivity contribution in [2.45, 2.75) is 25.9 Å². The maximum absolute atomic E-state index is 13.9. The molecule has 0 atom stereocenters. The van der Waals surface area contributed by atoms with E-state index < -0.39 is 29.9 Å². The summed E-state index contributed by atoms with van der Waals surface area (Å²) >= 11 is 1.13. The summed E-state index contributed by atoms with van der Waals surface area (Å²) in [6.45, 7) is 1.77. The third-order valence-electron chi connectivity index (χ3n) is 3.48. The zero-order valence-electron chi connectivity index (χ0n) is 15.7. The highest BCUT2D eigenvalue weighted by atomic mass is 32.1. The van der Waals surface area contributed by atoms with Crippen molar-refractivity contribution in [3.8, 4) is 5.75 Å². The number of benzene rings is 1. The normalized spacial score (nSPS) is 10.6. The van der Waals surface area contributed by atoms with E-state index in [9.17, 15) is 27.2 Å². The summed E-state index contributed by atoms with van der Waals surface area (Å²) < 4.78 is 50.7. The number of thiophene rings is 1. The van der Waals surface area contributed by atoms with Gasteiger partial charge in [0.15, 0.2) is 11.6 Å². The molecule has 31 heavy (non-hydrogen) atoms. The van der Waals surface area contributed by atoms with Gasteiger partial charge in [-0.1, -0.05) is 0 Å². The number of amidine groups is 1. The molecule has 2 aromatic rings. The van der Waals surface area contributed by atoms with E-state index in [2.05, 4.69) is 0 Å². The number of alkyl halides is 3. The quantitative estimate of drug-likeness (QED) is 0.168. The number of nitrogen functional groups attached to an aromatic ring is 1. The van der Waals surface area contributed by atoms with Crippen LogP contribution in [0.2, 0.25) is 0 Å². The Bertz CT molecular complexity index is 1000. The fourth-order valence-electron chi connectivity index (χ4n) is 1.99. The van der Waals surface area contributed by atoms with Crippen LogP contribution in [0, 0.1) is 18.2 Å². The zero-order chi connectivity index (χ0) is 23.9. The predicted octanol–water partition coefficient (Wildman–Crippen LogP) is 3.35. The summed E-state index contributed by atoms with van der Waals surface area (Å²) in [4.78, 5) is 32.7. The number of carbonyl (C=O) groups excluding carboxylic acids is 1. The van der Waals surface area contributed by atoms with Crippen LogP contribution in [0.25, 0.3) is 0 Å².